The third-order valence-corrected chi connectivity index (χ3v) is 5.09. The van der Waals surface area contributed by atoms with Crippen LogP contribution in [0.4, 0.5) is 5.69 Å². The van der Waals surface area contributed by atoms with E-state index in [4.69, 9.17) is 4.42 Å². The summed E-state index contributed by atoms with van der Waals surface area (Å²) in [5, 5.41) is 9.81. The topological polar surface area (TPSA) is 89.2 Å². The molecule has 2 N–H and O–H groups in total. The highest BCUT2D eigenvalue weighted by atomic mass is 32.1. The van der Waals surface area contributed by atoms with E-state index in [1.165, 1.54) is 11.3 Å². The summed E-state index contributed by atoms with van der Waals surface area (Å²) < 4.78 is 6.82. The van der Waals surface area contributed by atoms with Crippen LogP contribution < -0.4 is 10.6 Å². The maximum absolute atomic E-state index is 12.5. The Morgan fingerprint density at radius 1 is 1.31 bits per heavy atom. The first kappa shape index (κ1) is 17.9. The van der Waals surface area contributed by atoms with Gasteiger partial charge in [0.05, 0.1) is 23.4 Å². The maximum atomic E-state index is 12.5. The lowest BCUT2D eigenvalue weighted by molar-refractivity contribution is 0.0943. The zero-order valence-corrected chi connectivity index (χ0v) is 15.6. The summed E-state index contributed by atoms with van der Waals surface area (Å²) >= 11 is 1.42. The van der Waals surface area contributed by atoms with Gasteiger partial charge in [-0.1, -0.05) is 0 Å². The van der Waals surface area contributed by atoms with Crippen molar-refractivity contribution in [1.29, 1.82) is 0 Å². The molecule has 3 rings (SSSR count). The number of carbonyl (C=O) groups is 2. The van der Waals surface area contributed by atoms with Crippen molar-refractivity contribution in [2.24, 2.45) is 0 Å². The van der Waals surface area contributed by atoms with E-state index in [1.54, 1.807) is 29.3 Å². The van der Waals surface area contributed by atoms with E-state index in [9.17, 15) is 9.59 Å². The van der Waals surface area contributed by atoms with Crippen molar-refractivity contribution in [1.82, 2.24) is 15.1 Å². The molecule has 0 aliphatic heterocycles. The fraction of sp³-hybridized carbons (Fsp3) is 0.278. The lowest BCUT2D eigenvalue weighted by Gasteiger charge is -2.05. The normalized spacial score (nSPS) is 10.7. The van der Waals surface area contributed by atoms with E-state index < -0.39 is 0 Å². The Morgan fingerprint density at radius 3 is 2.73 bits per heavy atom. The second kappa shape index (κ2) is 7.57. The van der Waals surface area contributed by atoms with Gasteiger partial charge in [-0.15, -0.1) is 11.3 Å². The van der Waals surface area contributed by atoms with Crippen molar-refractivity contribution in [3.63, 3.8) is 0 Å². The van der Waals surface area contributed by atoms with Gasteiger partial charge >= 0.3 is 0 Å². The number of hydrogen-bond acceptors (Lipinski definition) is 5. The van der Waals surface area contributed by atoms with Crippen LogP contribution in [0.25, 0.3) is 0 Å². The van der Waals surface area contributed by atoms with E-state index in [-0.39, 0.29) is 24.1 Å². The molecular weight excluding hydrogens is 352 g/mol. The Labute approximate surface area is 155 Å². The number of nitrogens with one attached hydrogen (secondary N) is 2. The number of hydrogen-bond donors (Lipinski definition) is 2. The van der Waals surface area contributed by atoms with Gasteiger partial charge in [-0.05, 0) is 44.5 Å². The fourth-order valence-electron chi connectivity index (χ4n) is 2.38. The molecule has 26 heavy (non-hydrogen) atoms. The van der Waals surface area contributed by atoms with Crippen LogP contribution in [0.1, 0.15) is 43.3 Å². The molecule has 8 heteroatoms. The van der Waals surface area contributed by atoms with Crippen LogP contribution in [0.3, 0.4) is 0 Å². The Morgan fingerprint density at radius 2 is 2.12 bits per heavy atom. The third kappa shape index (κ3) is 3.85. The van der Waals surface area contributed by atoms with Gasteiger partial charge in [-0.3, -0.25) is 14.3 Å². The number of carbonyl (C=O) groups excluding carboxylic acids is 2. The molecule has 0 aliphatic carbocycles. The summed E-state index contributed by atoms with van der Waals surface area (Å²) in [5.41, 5.74) is 1.63. The molecule has 0 atom stereocenters. The predicted octanol–water partition coefficient (Wildman–Crippen LogP) is 3.36. The summed E-state index contributed by atoms with van der Waals surface area (Å²) in [7, 11) is 0. The minimum atomic E-state index is -0.373. The first-order valence-corrected chi connectivity index (χ1v) is 9.06. The van der Waals surface area contributed by atoms with Crippen LogP contribution in [0, 0.1) is 13.8 Å². The van der Waals surface area contributed by atoms with Gasteiger partial charge in [0, 0.05) is 17.6 Å². The molecule has 0 fully saturated rings. The summed E-state index contributed by atoms with van der Waals surface area (Å²) in [6.45, 7) is 6.69. The Kier molecular flexibility index (Phi) is 5.22. The number of anilines is 1. The summed E-state index contributed by atoms with van der Waals surface area (Å²) in [6, 6.07) is 5.37. The van der Waals surface area contributed by atoms with E-state index >= 15 is 0 Å². The molecule has 0 radical (unpaired) electrons. The first-order chi connectivity index (χ1) is 12.5. The molecule has 7 nitrogen and oxygen atoms in total. The Balaban J connectivity index is 1.76. The Hall–Kier alpha value is -2.87. The Bertz CT molecular complexity index is 905. The minimum Gasteiger partial charge on any atom is -0.467 e. The third-order valence-electron chi connectivity index (χ3n) is 3.94. The molecule has 3 aromatic heterocycles. The van der Waals surface area contributed by atoms with E-state index in [1.807, 2.05) is 26.8 Å². The number of aromatic nitrogens is 2. The molecule has 0 aliphatic rings. The average molecular weight is 372 g/mol. The summed E-state index contributed by atoms with van der Waals surface area (Å²) in [4.78, 5) is 26.7. The number of furan rings is 1. The maximum Gasteiger partial charge on any atom is 0.274 e. The van der Waals surface area contributed by atoms with Crippen LogP contribution in [-0.2, 0) is 13.1 Å². The van der Waals surface area contributed by atoms with E-state index in [0.717, 1.165) is 10.4 Å². The van der Waals surface area contributed by atoms with E-state index in [2.05, 4.69) is 15.7 Å². The quantitative estimate of drug-likeness (QED) is 0.694. The highest BCUT2D eigenvalue weighted by molar-refractivity contribution is 7.14. The second-order valence-electron chi connectivity index (χ2n) is 5.81. The fourth-order valence-corrected chi connectivity index (χ4v) is 3.31. The average Bonchev–Trinajstić information content (AvgIpc) is 3.34. The highest BCUT2D eigenvalue weighted by Gasteiger charge is 2.20. The molecule has 3 aromatic rings. The van der Waals surface area contributed by atoms with Crippen molar-refractivity contribution >= 4 is 28.8 Å². The van der Waals surface area contributed by atoms with Crippen LogP contribution in [-0.4, -0.2) is 21.6 Å². The van der Waals surface area contributed by atoms with Crippen molar-refractivity contribution in [3.8, 4) is 0 Å². The monoisotopic (exact) mass is 372 g/mol. The number of amides is 2. The molecular formula is C18H20N4O3S. The SMILES string of the molecule is CCn1cc(NC(=O)c2cc(C)c(C)s2)c(C(=O)NCc2ccco2)n1. The highest BCUT2D eigenvalue weighted by Crippen LogP contribution is 2.23. The number of nitrogens with zero attached hydrogens (tertiary/aromatic N) is 2. The predicted molar refractivity (Wildman–Crippen MR) is 99.5 cm³/mol. The van der Waals surface area contributed by atoms with Gasteiger partial charge in [-0.25, -0.2) is 0 Å². The molecule has 0 bridgehead atoms. The molecule has 0 unspecified atom stereocenters. The van der Waals surface area contributed by atoms with Crippen LogP contribution in [0.2, 0.25) is 0 Å². The lowest BCUT2D eigenvalue weighted by atomic mass is 10.2. The van der Waals surface area contributed by atoms with Crippen LogP contribution in [0.15, 0.2) is 35.1 Å². The van der Waals surface area contributed by atoms with Gasteiger partial charge < -0.3 is 15.1 Å². The molecule has 0 spiro atoms. The second-order valence-corrected chi connectivity index (χ2v) is 7.07. The van der Waals surface area contributed by atoms with Crippen molar-refractivity contribution in [2.45, 2.75) is 33.9 Å². The van der Waals surface area contributed by atoms with Gasteiger partial charge in [0.15, 0.2) is 5.69 Å². The summed E-state index contributed by atoms with van der Waals surface area (Å²) in [5.74, 6) is 0.0211. The lowest BCUT2D eigenvalue weighted by Crippen LogP contribution is -2.25. The van der Waals surface area contributed by atoms with Crippen LogP contribution >= 0.6 is 11.3 Å². The zero-order valence-electron chi connectivity index (χ0n) is 14.8. The van der Waals surface area contributed by atoms with Gasteiger partial charge in [0.25, 0.3) is 11.8 Å². The van der Waals surface area contributed by atoms with Gasteiger partial charge in [0.1, 0.15) is 5.76 Å². The zero-order chi connectivity index (χ0) is 18.7. The van der Waals surface area contributed by atoms with Gasteiger partial charge in [-0.2, -0.15) is 5.10 Å². The molecule has 2 amide bonds. The standard InChI is InChI=1S/C18H20N4O3S/c1-4-22-10-14(20-17(23)15-8-11(2)12(3)26-15)16(21-22)18(24)19-9-13-6-5-7-25-13/h5-8,10H,4,9H2,1-3H3,(H,19,24)(H,20,23). The molecule has 3 heterocycles. The van der Waals surface area contributed by atoms with Crippen LogP contribution in [0.5, 0.6) is 0 Å². The van der Waals surface area contributed by atoms with Crippen molar-refractivity contribution < 1.29 is 14.0 Å². The smallest absolute Gasteiger partial charge is 0.274 e. The van der Waals surface area contributed by atoms with Crippen molar-refractivity contribution in [2.75, 3.05) is 5.32 Å². The largest absolute Gasteiger partial charge is 0.467 e. The van der Waals surface area contributed by atoms with E-state index in [0.29, 0.717) is 22.9 Å². The van der Waals surface area contributed by atoms with Gasteiger partial charge in [0.2, 0.25) is 0 Å². The number of rotatable bonds is 6. The number of thiophene rings is 1. The molecule has 0 aromatic carbocycles. The molecule has 0 saturated heterocycles. The van der Waals surface area contributed by atoms with Crippen molar-refractivity contribution in [3.05, 3.63) is 57.4 Å². The minimum absolute atomic E-state index is 0.178. The first-order valence-electron chi connectivity index (χ1n) is 8.24. The molecule has 136 valence electrons. The summed E-state index contributed by atoms with van der Waals surface area (Å²) in [6.07, 6.45) is 3.21. The number of aryl methyl sites for hydroxylation is 3. The molecule has 0 saturated carbocycles.